The van der Waals surface area contributed by atoms with Gasteiger partial charge in [-0.05, 0) is 31.6 Å². The average molecular weight is 286 g/mol. The Labute approximate surface area is 124 Å². The van der Waals surface area contributed by atoms with E-state index in [-0.39, 0.29) is 0 Å². The van der Waals surface area contributed by atoms with Gasteiger partial charge >= 0.3 is 0 Å². The largest absolute Gasteiger partial charge is 0.357 e. The fourth-order valence-electron chi connectivity index (χ4n) is 4.04. The molecule has 6 nitrogen and oxygen atoms in total. The molecule has 2 aliphatic rings. The summed E-state index contributed by atoms with van der Waals surface area (Å²) in [5.41, 5.74) is 0.822. The average Bonchev–Trinajstić information content (AvgIpc) is 3.02. The van der Waals surface area contributed by atoms with Crippen molar-refractivity contribution >= 4 is 22.8 Å². The lowest BCUT2D eigenvalue weighted by Crippen LogP contribution is -2.47. The number of hydrogen-bond acceptors (Lipinski definition) is 5. The first-order chi connectivity index (χ1) is 10.4. The van der Waals surface area contributed by atoms with E-state index in [4.69, 9.17) is 4.98 Å². The number of aromatic amines is 1. The smallest absolute Gasteiger partial charge is 0.226 e. The van der Waals surface area contributed by atoms with Gasteiger partial charge in [0.05, 0.1) is 11.6 Å². The highest BCUT2D eigenvalue weighted by Gasteiger charge is 2.34. The zero-order chi connectivity index (χ0) is 14.2. The summed E-state index contributed by atoms with van der Waals surface area (Å²) in [7, 11) is 1.86. The number of fused-ring (bicyclic) bond motifs is 2. The first-order valence-corrected chi connectivity index (χ1v) is 8.02. The Bertz CT molecular complexity index is 634. The quantitative estimate of drug-likeness (QED) is 0.888. The van der Waals surface area contributed by atoms with Crippen molar-refractivity contribution in [1.29, 1.82) is 0 Å². The number of aromatic nitrogens is 4. The normalized spacial score (nSPS) is 25.9. The summed E-state index contributed by atoms with van der Waals surface area (Å²) >= 11 is 0. The minimum absolute atomic E-state index is 0.644. The van der Waals surface area contributed by atoms with Crippen molar-refractivity contribution in [2.45, 2.75) is 44.6 Å². The second-order valence-electron chi connectivity index (χ2n) is 6.20. The number of nitrogens with zero attached hydrogens (tertiary/aromatic N) is 4. The van der Waals surface area contributed by atoms with E-state index in [2.05, 4.69) is 25.4 Å². The molecule has 0 amide bonds. The minimum atomic E-state index is 0.644. The zero-order valence-corrected chi connectivity index (χ0v) is 12.5. The first kappa shape index (κ1) is 12.9. The van der Waals surface area contributed by atoms with Gasteiger partial charge in [0, 0.05) is 19.6 Å². The van der Waals surface area contributed by atoms with Crippen molar-refractivity contribution in [3.05, 3.63) is 6.20 Å². The third kappa shape index (κ3) is 2.13. The minimum Gasteiger partial charge on any atom is -0.357 e. The molecule has 2 fully saturated rings. The van der Waals surface area contributed by atoms with Gasteiger partial charge in [0.15, 0.2) is 5.65 Å². The third-order valence-electron chi connectivity index (χ3n) is 5.03. The van der Waals surface area contributed by atoms with E-state index >= 15 is 0 Å². The number of hydrogen-bond donors (Lipinski definition) is 2. The Hall–Kier alpha value is -1.85. The van der Waals surface area contributed by atoms with Gasteiger partial charge in [-0.15, -0.1) is 0 Å². The molecule has 0 bridgehead atoms. The summed E-state index contributed by atoms with van der Waals surface area (Å²) in [4.78, 5) is 11.7. The third-order valence-corrected chi connectivity index (χ3v) is 5.03. The highest BCUT2D eigenvalue weighted by molar-refractivity contribution is 5.87. The molecule has 1 aliphatic carbocycles. The molecule has 6 heteroatoms. The summed E-state index contributed by atoms with van der Waals surface area (Å²) in [6, 6.07) is 0.644. The van der Waals surface area contributed by atoms with Gasteiger partial charge in [0.25, 0.3) is 0 Å². The Morgan fingerprint density at radius 1 is 1.19 bits per heavy atom. The van der Waals surface area contributed by atoms with Crippen LogP contribution in [0.1, 0.15) is 38.5 Å². The fourth-order valence-corrected chi connectivity index (χ4v) is 4.04. The summed E-state index contributed by atoms with van der Waals surface area (Å²) in [5, 5.41) is 11.2. The van der Waals surface area contributed by atoms with Crippen molar-refractivity contribution in [3.63, 3.8) is 0 Å². The molecule has 112 valence electrons. The van der Waals surface area contributed by atoms with Crippen LogP contribution in [-0.2, 0) is 0 Å². The Morgan fingerprint density at radius 3 is 2.95 bits per heavy atom. The van der Waals surface area contributed by atoms with Gasteiger partial charge in [0.1, 0.15) is 5.82 Å². The molecule has 2 aromatic heterocycles. The van der Waals surface area contributed by atoms with Crippen LogP contribution in [0.15, 0.2) is 6.20 Å². The Balaban J connectivity index is 1.78. The molecule has 1 aliphatic heterocycles. The van der Waals surface area contributed by atoms with Crippen LogP contribution in [0.5, 0.6) is 0 Å². The fraction of sp³-hybridized carbons (Fsp3) is 0.667. The molecule has 4 rings (SSSR count). The SMILES string of the molecule is CNc1nc(N2CCC[C@H]3CCCC[C@H]32)c2cn[nH]c2n1. The maximum Gasteiger partial charge on any atom is 0.226 e. The predicted octanol–water partition coefficient (Wildman–Crippen LogP) is 2.55. The van der Waals surface area contributed by atoms with Crippen LogP contribution in [0.3, 0.4) is 0 Å². The van der Waals surface area contributed by atoms with Crippen molar-refractivity contribution in [2.24, 2.45) is 5.92 Å². The van der Waals surface area contributed by atoms with Gasteiger partial charge in [0.2, 0.25) is 5.95 Å². The standard InChI is InChI=1S/C15H22N6/c1-16-15-18-13-11(9-17-20-13)14(19-15)21-8-4-6-10-5-2-3-7-12(10)21/h9-10,12H,2-8H2,1H3,(H2,16,17,18,19,20)/t10-,12-/m1/s1. The zero-order valence-electron chi connectivity index (χ0n) is 12.5. The van der Waals surface area contributed by atoms with E-state index in [1.807, 2.05) is 13.2 Å². The molecule has 0 spiro atoms. The van der Waals surface area contributed by atoms with Crippen molar-refractivity contribution in [3.8, 4) is 0 Å². The molecule has 1 saturated carbocycles. The summed E-state index contributed by atoms with van der Waals surface area (Å²) < 4.78 is 0. The van der Waals surface area contributed by atoms with Gasteiger partial charge in [-0.2, -0.15) is 15.1 Å². The van der Waals surface area contributed by atoms with Crippen LogP contribution in [0, 0.1) is 5.92 Å². The number of anilines is 2. The maximum atomic E-state index is 4.75. The molecule has 1 saturated heterocycles. The van der Waals surface area contributed by atoms with Gasteiger partial charge in [-0.3, -0.25) is 5.10 Å². The molecule has 21 heavy (non-hydrogen) atoms. The molecular formula is C15H22N6. The maximum absolute atomic E-state index is 4.75. The molecule has 3 heterocycles. The van der Waals surface area contributed by atoms with Crippen molar-refractivity contribution in [2.75, 3.05) is 23.8 Å². The van der Waals surface area contributed by atoms with Crippen LogP contribution in [-0.4, -0.2) is 39.8 Å². The van der Waals surface area contributed by atoms with Crippen LogP contribution in [0.2, 0.25) is 0 Å². The van der Waals surface area contributed by atoms with E-state index in [0.717, 1.165) is 29.3 Å². The van der Waals surface area contributed by atoms with Crippen molar-refractivity contribution < 1.29 is 0 Å². The number of rotatable bonds is 2. The molecular weight excluding hydrogens is 264 g/mol. The molecule has 2 N–H and O–H groups in total. The lowest BCUT2D eigenvalue weighted by molar-refractivity contribution is 0.243. The van der Waals surface area contributed by atoms with E-state index in [9.17, 15) is 0 Å². The molecule has 2 atom stereocenters. The van der Waals surface area contributed by atoms with E-state index in [1.54, 1.807) is 0 Å². The van der Waals surface area contributed by atoms with Gasteiger partial charge < -0.3 is 10.2 Å². The second kappa shape index (κ2) is 5.16. The van der Waals surface area contributed by atoms with Crippen molar-refractivity contribution in [1.82, 2.24) is 20.2 Å². The number of nitrogens with one attached hydrogen (secondary N) is 2. The van der Waals surface area contributed by atoms with Gasteiger partial charge in [-0.1, -0.05) is 12.8 Å². The highest BCUT2D eigenvalue weighted by Crippen LogP contribution is 2.39. The Kier molecular flexibility index (Phi) is 3.16. The van der Waals surface area contributed by atoms with Crippen LogP contribution < -0.4 is 10.2 Å². The molecule has 0 radical (unpaired) electrons. The van der Waals surface area contributed by atoms with Gasteiger partial charge in [-0.25, -0.2) is 0 Å². The topological polar surface area (TPSA) is 69.7 Å². The predicted molar refractivity (Wildman–Crippen MR) is 83.6 cm³/mol. The summed E-state index contributed by atoms with van der Waals surface area (Å²) in [6.07, 6.45) is 9.90. The van der Waals surface area contributed by atoms with Crippen LogP contribution >= 0.6 is 0 Å². The second-order valence-corrected chi connectivity index (χ2v) is 6.20. The molecule has 0 aromatic carbocycles. The summed E-state index contributed by atoms with van der Waals surface area (Å²) in [5.74, 6) is 2.55. The van der Waals surface area contributed by atoms with Crippen LogP contribution in [0.25, 0.3) is 11.0 Å². The Morgan fingerprint density at radius 2 is 2.05 bits per heavy atom. The van der Waals surface area contributed by atoms with E-state index < -0.39 is 0 Å². The summed E-state index contributed by atoms with van der Waals surface area (Å²) in [6.45, 7) is 1.10. The monoisotopic (exact) mass is 286 g/mol. The first-order valence-electron chi connectivity index (χ1n) is 8.02. The number of H-pyrrole nitrogens is 1. The number of piperidine rings is 1. The molecule has 0 unspecified atom stereocenters. The lowest BCUT2D eigenvalue weighted by atomic mass is 9.78. The van der Waals surface area contributed by atoms with Crippen LogP contribution in [0.4, 0.5) is 11.8 Å². The lowest BCUT2D eigenvalue weighted by Gasteiger charge is -2.45. The molecule has 2 aromatic rings. The van der Waals surface area contributed by atoms with E-state index in [1.165, 1.54) is 38.5 Å². The highest BCUT2D eigenvalue weighted by atomic mass is 15.3. The van der Waals surface area contributed by atoms with E-state index in [0.29, 0.717) is 12.0 Å².